The van der Waals surface area contributed by atoms with Gasteiger partial charge in [0.15, 0.2) is 5.78 Å². The van der Waals surface area contributed by atoms with Crippen molar-refractivity contribution in [3.8, 4) is 0 Å². The third kappa shape index (κ3) is 4.98. The molecule has 0 heterocycles. The predicted octanol–water partition coefficient (Wildman–Crippen LogP) is 3.12. The number of carbonyl (C=O) groups is 3. The van der Waals surface area contributed by atoms with E-state index in [9.17, 15) is 14.4 Å². The molecule has 0 fully saturated rings. The SMILES string of the molecule is CC(C)Cc1ccc(C(C)C(=O)O)c(C(=O)CCC(=O)O)c1. The van der Waals surface area contributed by atoms with E-state index in [0.29, 0.717) is 17.0 Å². The van der Waals surface area contributed by atoms with Crippen molar-refractivity contribution in [1.29, 1.82) is 0 Å². The van der Waals surface area contributed by atoms with Crippen LogP contribution in [0.4, 0.5) is 0 Å². The van der Waals surface area contributed by atoms with Crippen LogP contribution in [0.15, 0.2) is 18.2 Å². The summed E-state index contributed by atoms with van der Waals surface area (Å²) in [7, 11) is 0. The van der Waals surface area contributed by atoms with Gasteiger partial charge in [0.1, 0.15) is 0 Å². The molecule has 2 N–H and O–H groups in total. The summed E-state index contributed by atoms with van der Waals surface area (Å²) in [6, 6.07) is 5.21. The lowest BCUT2D eigenvalue weighted by Crippen LogP contribution is -2.14. The number of Topliss-reactive ketones (excluding diaryl/α,β-unsaturated/α-hetero) is 1. The molecule has 1 atom stereocenters. The van der Waals surface area contributed by atoms with E-state index in [2.05, 4.69) is 13.8 Å². The van der Waals surface area contributed by atoms with Crippen LogP contribution in [0.1, 0.15) is 61.0 Å². The molecule has 120 valence electrons. The highest BCUT2D eigenvalue weighted by molar-refractivity contribution is 6.00. The number of hydrogen-bond donors (Lipinski definition) is 2. The first-order valence-electron chi connectivity index (χ1n) is 7.33. The van der Waals surface area contributed by atoms with Crippen LogP contribution in [0.3, 0.4) is 0 Å². The summed E-state index contributed by atoms with van der Waals surface area (Å²) in [5, 5.41) is 17.9. The van der Waals surface area contributed by atoms with Gasteiger partial charge in [-0.15, -0.1) is 0 Å². The van der Waals surface area contributed by atoms with Crippen molar-refractivity contribution in [1.82, 2.24) is 0 Å². The summed E-state index contributed by atoms with van der Waals surface area (Å²) in [5.41, 5.74) is 1.72. The molecular formula is C17H22O5. The quantitative estimate of drug-likeness (QED) is 0.720. The van der Waals surface area contributed by atoms with E-state index in [4.69, 9.17) is 10.2 Å². The van der Waals surface area contributed by atoms with Gasteiger partial charge in [0.05, 0.1) is 12.3 Å². The first kappa shape index (κ1) is 17.9. The monoisotopic (exact) mass is 306 g/mol. The van der Waals surface area contributed by atoms with Gasteiger partial charge in [-0.25, -0.2) is 0 Å². The molecule has 0 aliphatic carbocycles. The smallest absolute Gasteiger partial charge is 0.310 e. The van der Waals surface area contributed by atoms with Crippen LogP contribution < -0.4 is 0 Å². The molecule has 22 heavy (non-hydrogen) atoms. The lowest BCUT2D eigenvalue weighted by atomic mass is 9.89. The van der Waals surface area contributed by atoms with Crippen LogP contribution in [0, 0.1) is 5.92 Å². The first-order chi connectivity index (χ1) is 10.2. The Balaban J connectivity index is 3.18. The highest BCUT2D eigenvalue weighted by Gasteiger charge is 2.22. The van der Waals surface area contributed by atoms with E-state index in [1.54, 1.807) is 12.1 Å². The van der Waals surface area contributed by atoms with Crippen molar-refractivity contribution in [3.05, 3.63) is 34.9 Å². The van der Waals surface area contributed by atoms with Crippen molar-refractivity contribution in [2.75, 3.05) is 0 Å². The summed E-state index contributed by atoms with van der Waals surface area (Å²) in [6.45, 7) is 5.63. The van der Waals surface area contributed by atoms with E-state index in [-0.39, 0.29) is 18.6 Å². The lowest BCUT2D eigenvalue weighted by molar-refractivity contribution is -0.138. The second-order valence-corrected chi connectivity index (χ2v) is 5.90. The van der Waals surface area contributed by atoms with Crippen LogP contribution in [0.2, 0.25) is 0 Å². The molecule has 1 aromatic rings. The van der Waals surface area contributed by atoms with Gasteiger partial charge in [-0.1, -0.05) is 26.0 Å². The predicted molar refractivity (Wildman–Crippen MR) is 82.2 cm³/mol. The van der Waals surface area contributed by atoms with Gasteiger partial charge >= 0.3 is 11.9 Å². The first-order valence-corrected chi connectivity index (χ1v) is 7.33. The van der Waals surface area contributed by atoms with E-state index >= 15 is 0 Å². The summed E-state index contributed by atoms with van der Waals surface area (Å²) >= 11 is 0. The molecular weight excluding hydrogens is 284 g/mol. The average molecular weight is 306 g/mol. The zero-order valence-electron chi connectivity index (χ0n) is 13.1. The van der Waals surface area contributed by atoms with Crippen molar-refractivity contribution in [2.45, 2.75) is 46.0 Å². The van der Waals surface area contributed by atoms with E-state index in [1.807, 2.05) is 6.07 Å². The summed E-state index contributed by atoms with van der Waals surface area (Å²) in [6.07, 6.45) is 0.398. The van der Waals surface area contributed by atoms with Gasteiger partial charge in [0.2, 0.25) is 0 Å². The van der Waals surface area contributed by atoms with Crippen molar-refractivity contribution < 1.29 is 24.6 Å². The number of carboxylic acid groups (broad SMARTS) is 2. The molecule has 0 aromatic heterocycles. The van der Waals surface area contributed by atoms with Crippen LogP contribution in [0.5, 0.6) is 0 Å². The third-order valence-electron chi connectivity index (χ3n) is 3.46. The second-order valence-electron chi connectivity index (χ2n) is 5.90. The number of benzene rings is 1. The van der Waals surface area contributed by atoms with Gasteiger partial charge in [0, 0.05) is 12.0 Å². The molecule has 0 saturated carbocycles. The zero-order valence-corrected chi connectivity index (χ0v) is 13.1. The molecule has 0 aliphatic heterocycles. The van der Waals surface area contributed by atoms with E-state index in [1.165, 1.54) is 6.92 Å². The lowest BCUT2D eigenvalue weighted by Gasteiger charge is -2.15. The number of carboxylic acids is 2. The average Bonchev–Trinajstić information content (AvgIpc) is 2.43. The van der Waals surface area contributed by atoms with Crippen LogP contribution in [0.25, 0.3) is 0 Å². The molecule has 0 spiro atoms. The fourth-order valence-electron chi connectivity index (χ4n) is 2.31. The Morgan fingerprint density at radius 1 is 1.05 bits per heavy atom. The number of hydrogen-bond acceptors (Lipinski definition) is 3. The fourth-order valence-corrected chi connectivity index (χ4v) is 2.31. The maximum Gasteiger partial charge on any atom is 0.310 e. The molecule has 0 bridgehead atoms. The topological polar surface area (TPSA) is 91.7 Å². The Hall–Kier alpha value is -2.17. The maximum absolute atomic E-state index is 12.3. The fraction of sp³-hybridized carbons (Fsp3) is 0.471. The molecule has 0 radical (unpaired) electrons. The van der Waals surface area contributed by atoms with Crippen LogP contribution in [-0.4, -0.2) is 27.9 Å². The Morgan fingerprint density at radius 3 is 2.18 bits per heavy atom. The Labute approximate surface area is 130 Å². The third-order valence-corrected chi connectivity index (χ3v) is 3.46. The minimum atomic E-state index is -1.04. The maximum atomic E-state index is 12.3. The Morgan fingerprint density at radius 2 is 1.68 bits per heavy atom. The van der Waals surface area contributed by atoms with Crippen LogP contribution in [-0.2, 0) is 16.0 Å². The molecule has 0 amide bonds. The zero-order chi connectivity index (χ0) is 16.9. The highest BCUT2D eigenvalue weighted by atomic mass is 16.4. The molecule has 0 aliphatic rings. The van der Waals surface area contributed by atoms with Gasteiger partial charge in [0.25, 0.3) is 0 Å². The summed E-state index contributed by atoms with van der Waals surface area (Å²) in [4.78, 5) is 34.1. The molecule has 1 aromatic carbocycles. The minimum absolute atomic E-state index is 0.125. The van der Waals surface area contributed by atoms with E-state index in [0.717, 1.165) is 12.0 Å². The van der Waals surface area contributed by atoms with Gasteiger partial charge < -0.3 is 10.2 Å². The van der Waals surface area contributed by atoms with Gasteiger partial charge in [-0.2, -0.15) is 0 Å². The Bertz CT molecular complexity index is 574. The Kier molecular flexibility index (Phi) is 6.28. The molecule has 5 heteroatoms. The number of aliphatic carboxylic acids is 2. The standard InChI is InChI=1S/C17H22O5/c1-10(2)8-12-4-5-13(11(3)17(21)22)14(9-12)15(18)6-7-16(19)20/h4-5,9-11H,6-8H2,1-3H3,(H,19,20)(H,21,22). The summed E-state index contributed by atoms with van der Waals surface area (Å²) in [5.74, 6) is -2.78. The van der Waals surface area contributed by atoms with Crippen molar-refractivity contribution in [2.24, 2.45) is 5.92 Å². The van der Waals surface area contributed by atoms with Gasteiger partial charge in [-0.3, -0.25) is 14.4 Å². The largest absolute Gasteiger partial charge is 0.481 e. The molecule has 1 rings (SSSR count). The summed E-state index contributed by atoms with van der Waals surface area (Å²) < 4.78 is 0. The molecule has 1 unspecified atom stereocenters. The normalized spacial score (nSPS) is 12.2. The highest BCUT2D eigenvalue weighted by Crippen LogP contribution is 2.24. The van der Waals surface area contributed by atoms with Crippen LogP contribution >= 0.6 is 0 Å². The number of rotatable bonds is 8. The van der Waals surface area contributed by atoms with Crippen molar-refractivity contribution in [3.63, 3.8) is 0 Å². The second kappa shape index (κ2) is 7.73. The molecule has 0 saturated heterocycles. The number of ketones is 1. The molecule has 5 nitrogen and oxygen atoms in total. The minimum Gasteiger partial charge on any atom is -0.481 e. The number of carbonyl (C=O) groups excluding carboxylic acids is 1. The van der Waals surface area contributed by atoms with Crippen molar-refractivity contribution >= 4 is 17.7 Å². The van der Waals surface area contributed by atoms with Gasteiger partial charge in [-0.05, 0) is 36.5 Å². The van der Waals surface area contributed by atoms with E-state index < -0.39 is 17.9 Å².